The van der Waals surface area contributed by atoms with Crippen molar-refractivity contribution in [3.63, 3.8) is 0 Å². The highest BCUT2D eigenvalue weighted by Gasteiger charge is 2.22. The normalized spacial score (nSPS) is 12.1. The Morgan fingerprint density at radius 3 is 1.59 bits per heavy atom. The average molecular weight is 752 g/mol. The third-order valence-corrected chi connectivity index (χ3v) is 12.2. The molecule has 0 amide bonds. The quantitative estimate of drug-likeness (QED) is 0.180. The van der Waals surface area contributed by atoms with Gasteiger partial charge in [-0.2, -0.15) is 0 Å². The molecule has 5 nitrogen and oxygen atoms in total. The van der Waals surface area contributed by atoms with E-state index in [2.05, 4.69) is 214 Å². The van der Waals surface area contributed by atoms with Crippen LogP contribution < -0.4 is 0 Å². The summed E-state index contributed by atoms with van der Waals surface area (Å²) in [5.74, 6) is 0.646. The highest BCUT2D eigenvalue weighted by molar-refractivity contribution is 6.29. The van der Waals surface area contributed by atoms with Gasteiger partial charge < -0.3 is 9.13 Å². The van der Waals surface area contributed by atoms with Gasteiger partial charge in [-0.1, -0.05) is 133 Å². The molecule has 0 aliphatic carbocycles. The van der Waals surface area contributed by atoms with Crippen LogP contribution in [0.15, 0.2) is 200 Å². The summed E-state index contributed by atoms with van der Waals surface area (Å²) in [5.41, 5.74) is 12.0. The van der Waals surface area contributed by atoms with Crippen molar-refractivity contribution in [3.05, 3.63) is 200 Å². The summed E-state index contributed by atoms with van der Waals surface area (Å²) < 4.78 is 7.09. The van der Waals surface area contributed by atoms with Crippen molar-refractivity contribution in [2.24, 2.45) is 0 Å². The SMILES string of the molecule is c1ccc(-n2c3ccccc3c3c4c5ccccc5n(-c5ccc6c7ccccc7n(-c7nc(-c8ccc9ccccc9c8)c8ccccc8n7)c6c5)c4ccc32)cc1. The van der Waals surface area contributed by atoms with Crippen molar-refractivity contribution in [2.45, 2.75) is 0 Å². The summed E-state index contributed by atoms with van der Waals surface area (Å²) in [6.07, 6.45) is 0. The van der Waals surface area contributed by atoms with Gasteiger partial charge in [0.05, 0.1) is 44.3 Å². The maximum atomic E-state index is 5.45. The topological polar surface area (TPSA) is 40.6 Å². The molecule has 9 aromatic carbocycles. The second kappa shape index (κ2) is 12.2. The molecule has 13 aromatic rings. The Labute approximate surface area is 338 Å². The Kier molecular flexibility index (Phi) is 6.66. The number of para-hydroxylation sites is 5. The van der Waals surface area contributed by atoms with Crippen LogP contribution in [-0.2, 0) is 0 Å². The van der Waals surface area contributed by atoms with Crippen LogP contribution in [0.1, 0.15) is 0 Å². The lowest BCUT2D eigenvalue weighted by atomic mass is 10.0. The Morgan fingerprint density at radius 2 is 0.864 bits per heavy atom. The van der Waals surface area contributed by atoms with E-state index in [-0.39, 0.29) is 0 Å². The van der Waals surface area contributed by atoms with E-state index in [9.17, 15) is 0 Å². The largest absolute Gasteiger partial charge is 0.309 e. The summed E-state index contributed by atoms with van der Waals surface area (Å²) in [7, 11) is 0. The van der Waals surface area contributed by atoms with E-state index in [0.717, 1.165) is 66.4 Å². The molecule has 0 radical (unpaired) electrons. The lowest BCUT2D eigenvalue weighted by Crippen LogP contribution is -2.04. The van der Waals surface area contributed by atoms with Crippen LogP contribution in [0.25, 0.3) is 116 Å². The summed E-state index contributed by atoms with van der Waals surface area (Å²) in [6.45, 7) is 0. The van der Waals surface area contributed by atoms with E-state index < -0.39 is 0 Å². The van der Waals surface area contributed by atoms with Gasteiger partial charge >= 0.3 is 0 Å². The van der Waals surface area contributed by atoms with Gasteiger partial charge in [-0.05, 0) is 77.5 Å². The highest BCUT2D eigenvalue weighted by Crippen LogP contribution is 2.43. The number of fused-ring (bicyclic) bond motifs is 12. The van der Waals surface area contributed by atoms with Gasteiger partial charge in [0, 0.05) is 54.6 Å². The van der Waals surface area contributed by atoms with Crippen LogP contribution in [0.4, 0.5) is 0 Å². The summed E-state index contributed by atoms with van der Waals surface area (Å²) in [5, 5.41) is 10.7. The second-order valence-electron chi connectivity index (χ2n) is 15.4. The van der Waals surface area contributed by atoms with Gasteiger partial charge in [-0.15, -0.1) is 0 Å². The van der Waals surface area contributed by atoms with Crippen LogP contribution >= 0.6 is 0 Å². The molecule has 0 aliphatic heterocycles. The third kappa shape index (κ3) is 4.61. The van der Waals surface area contributed by atoms with Crippen molar-refractivity contribution in [3.8, 4) is 28.6 Å². The van der Waals surface area contributed by atoms with Gasteiger partial charge in [-0.3, -0.25) is 4.57 Å². The van der Waals surface area contributed by atoms with E-state index in [1.54, 1.807) is 0 Å². The molecule has 0 atom stereocenters. The Morgan fingerprint density at radius 1 is 0.305 bits per heavy atom. The van der Waals surface area contributed by atoms with Gasteiger partial charge in [0.2, 0.25) is 5.95 Å². The van der Waals surface area contributed by atoms with Gasteiger partial charge in [0.1, 0.15) is 0 Å². The van der Waals surface area contributed by atoms with E-state index >= 15 is 0 Å². The molecule has 274 valence electrons. The van der Waals surface area contributed by atoms with Crippen LogP contribution in [0, 0.1) is 0 Å². The molecule has 4 aromatic heterocycles. The minimum atomic E-state index is 0.646. The van der Waals surface area contributed by atoms with Crippen LogP contribution in [-0.4, -0.2) is 23.7 Å². The van der Waals surface area contributed by atoms with Crippen molar-refractivity contribution in [1.29, 1.82) is 0 Å². The Bertz CT molecular complexity index is 3850. The summed E-state index contributed by atoms with van der Waals surface area (Å²) in [4.78, 5) is 10.7. The fourth-order valence-corrected chi connectivity index (χ4v) is 9.69. The summed E-state index contributed by atoms with van der Waals surface area (Å²) in [6, 6.07) is 71.9. The van der Waals surface area contributed by atoms with Gasteiger partial charge in [0.25, 0.3) is 0 Å². The fourth-order valence-electron chi connectivity index (χ4n) is 9.69. The lowest BCUT2D eigenvalue weighted by Gasteiger charge is -2.13. The fraction of sp³-hybridized carbons (Fsp3) is 0. The van der Waals surface area contributed by atoms with Crippen molar-refractivity contribution in [2.75, 3.05) is 0 Å². The first kappa shape index (κ1) is 32.1. The van der Waals surface area contributed by atoms with Crippen molar-refractivity contribution >= 4 is 87.1 Å². The minimum Gasteiger partial charge on any atom is -0.309 e. The molecule has 0 bridgehead atoms. The predicted molar refractivity (Wildman–Crippen MR) is 245 cm³/mol. The molecular weight excluding hydrogens is 719 g/mol. The molecular formula is C54H33N5. The predicted octanol–water partition coefficient (Wildman–Crippen LogP) is 13.7. The molecule has 0 aliphatic rings. The van der Waals surface area contributed by atoms with Gasteiger partial charge in [0.15, 0.2) is 0 Å². The van der Waals surface area contributed by atoms with Crippen molar-refractivity contribution in [1.82, 2.24) is 23.7 Å². The van der Waals surface area contributed by atoms with Crippen LogP contribution in [0.3, 0.4) is 0 Å². The van der Waals surface area contributed by atoms with Crippen LogP contribution in [0.2, 0.25) is 0 Å². The number of hydrogen-bond donors (Lipinski definition) is 0. The Hall–Kier alpha value is -8.02. The zero-order valence-corrected chi connectivity index (χ0v) is 31.8. The highest BCUT2D eigenvalue weighted by atomic mass is 15.2. The maximum absolute atomic E-state index is 5.45. The minimum absolute atomic E-state index is 0.646. The summed E-state index contributed by atoms with van der Waals surface area (Å²) >= 11 is 0. The smallest absolute Gasteiger partial charge is 0.235 e. The number of rotatable bonds is 4. The molecule has 0 fully saturated rings. The maximum Gasteiger partial charge on any atom is 0.235 e. The number of aromatic nitrogens is 5. The molecule has 0 unspecified atom stereocenters. The molecule has 0 spiro atoms. The number of nitrogens with zero attached hydrogens (tertiary/aromatic N) is 5. The van der Waals surface area contributed by atoms with Gasteiger partial charge in [-0.25, -0.2) is 9.97 Å². The van der Waals surface area contributed by atoms with E-state index in [0.29, 0.717) is 5.95 Å². The monoisotopic (exact) mass is 751 g/mol. The molecule has 13 rings (SSSR count). The number of benzene rings is 9. The molecule has 0 N–H and O–H groups in total. The first-order valence-corrected chi connectivity index (χ1v) is 20.1. The molecule has 4 heterocycles. The van der Waals surface area contributed by atoms with E-state index in [1.165, 1.54) is 43.4 Å². The Balaban J connectivity index is 1.09. The molecule has 5 heteroatoms. The van der Waals surface area contributed by atoms with E-state index in [1.807, 2.05) is 0 Å². The molecule has 0 saturated heterocycles. The average Bonchev–Trinajstić information content (AvgIpc) is 3.94. The molecule has 59 heavy (non-hydrogen) atoms. The van der Waals surface area contributed by atoms with Crippen molar-refractivity contribution < 1.29 is 0 Å². The number of hydrogen-bond acceptors (Lipinski definition) is 2. The first-order chi connectivity index (χ1) is 29.3. The molecule has 0 saturated carbocycles. The second-order valence-corrected chi connectivity index (χ2v) is 15.4. The zero-order chi connectivity index (χ0) is 38.6. The third-order valence-electron chi connectivity index (χ3n) is 12.2. The van der Waals surface area contributed by atoms with E-state index in [4.69, 9.17) is 9.97 Å². The zero-order valence-electron chi connectivity index (χ0n) is 31.8. The standard InChI is InChI=1S/C54H33N5/c1-2-16-37(17-3-1)57-46-24-12-8-20-42(46)51-48(57)30-31-49-52(51)43-21-9-13-25-47(43)58(49)38-28-29-40-39-18-7-11-23-45(39)59(50(40)33-38)54-55-44-22-10-6-19-41(44)53(56-54)36-27-26-34-14-4-5-15-35(34)32-36/h1-33H. The van der Waals surface area contributed by atoms with Crippen LogP contribution in [0.5, 0.6) is 0 Å². The first-order valence-electron chi connectivity index (χ1n) is 20.1. The lowest BCUT2D eigenvalue weighted by molar-refractivity contribution is 1.01.